The molecule has 0 atom stereocenters. The van der Waals surface area contributed by atoms with Crippen molar-refractivity contribution in [2.75, 3.05) is 12.9 Å². The van der Waals surface area contributed by atoms with Crippen LogP contribution in [0.25, 0.3) is 11.1 Å². The number of ether oxygens (including phenoxy) is 1. The zero-order valence-electron chi connectivity index (χ0n) is 15.5. The van der Waals surface area contributed by atoms with Gasteiger partial charge in [0, 0.05) is 0 Å². The summed E-state index contributed by atoms with van der Waals surface area (Å²) in [6.45, 7) is 0. The minimum absolute atomic E-state index is 0.114. The number of thioether (sulfide) groups is 1. The maximum atomic E-state index is 12.2. The average molecular weight is 388 g/mol. The maximum absolute atomic E-state index is 12.2. The van der Waals surface area contributed by atoms with Gasteiger partial charge in [0.25, 0.3) is 0 Å². The molecule has 1 aliphatic carbocycles. The molecule has 1 N–H and O–H groups in total. The van der Waals surface area contributed by atoms with Gasteiger partial charge in [-0.05, 0) is 52.1 Å². The number of hydrogen-bond acceptors (Lipinski definition) is 4. The van der Waals surface area contributed by atoms with Gasteiger partial charge in [0.15, 0.2) is 0 Å². The zero-order chi connectivity index (χ0) is 19.3. The van der Waals surface area contributed by atoms with Gasteiger partial charge in [-0.1, -0.05) is 48.5 Å². The van der Waals surface area contributed by atoms with Crippen molar-refractivity contribution >= 4 is 23.9 Å². The summed E-state index contributed by atoms with van der Waals surface area (Å²) >= 11 is 1.63. The predicted octanol–water partition coefficient (Wildman–Crippen LogP) is 4.65. The van der Waals surface area contributed by atoms with Gasteiger partial charge in [0.2, 0.25) is 5.91 Å². The Labute approximate surface area is 168 Å². The Kier molecular flexibility index (Phi) is 5.44. The SMILES string of the molecule is COc1ccc(/C=N\NC(=O)CSC2c3ccccc3-c3ccccc32)cc1. The minimum Gasteiger partial charge on any atom is -0.497 e. The Morgan fingerprint density at radius 2 is 1.61 bits per heavy atom. The van der Waals surface area contributed by atoms with E-state index in [1.54, 1.807) is 25.1 Å². The standard InChI is InChI=1S/C23H20N2O2S/c1-27-17-12-10-16(11-13-17)14-24-25-22(26)15-28-23-20-8-4-2-6-18(20)19-7-3-5-9-21(19)23/h2-14,23H,15H2,1H3,(H,25,26)/b24-14-. The molecule has 0 spiro atoms. The average Bonchev–Trinajstić information content (AvgIpc) is 3.07. The van der Waals surface area contributed by atoms with Crippen molar-refractivity contribution in [3.05, 3.63) is 89.5 Å². The molecule has 5 heteroatoms. The molecule has 140 valence electrons. The lowest BCUT2D eigenvalue weighted by Crippen LogP contribution is -2.20. The van der Waals surface area contributed by atoms with Crippen molar-refractivity contribution in [2.24, 2.45) is 5.10 Å². The van der Waals surface area contributed by atoms with Crippen LogP contribution in [-0.4, -0.2) is 25.0 Å². The van der Waals surface area contributed by atoms with Gasteiger partial charge in [-0.3, -0.25) is 4.79 Å². The van der Waals surface area contributed by atoms with E-state index in [1.165, 1.54) is 22.3 Å². The van der Waals surface area contributed by atoms with Gasteiger partial charge in [-0.25, -0.2) is 5.43 Å². The molecule has 3 aromatic rings. The van der Waals surface area contributed by atoms with Gasteiger partial charge in [-0.15, -0.1) is 11.8 Å². The smallest absolute Gasteiger partial charge is 0.250 e. The number of amides is 1. The number of methoxy groups -OCH3 is 1. The lowest BCUT2D eigenvalue weighted by atomic mass is 10.1. The van der Waals surface area contributed by atoms with Crippen LogP contribution >= 0.6 is 11.8 Å². The summed E-state index contributed by atoms with van der Waals surface area (Å²) in [6, 6.07) is 24.3. The minimum atomic E-state index is -0.114. The number of benzene rings is 3. The van der Waals surface area contributed by atoms with Crippen LogP contribution in [0.4, 0.5) is 0 Å². The molecule has 3 aromatic carbocycles. The van der Waals surface area contributed by atoms with E-state index in [9.17, 15) is 4.79 Å². The molecule has 0 aromatic heterocycles. The normalized spacial score (nSPS) is 12.6. The van der Waals surface area contributed by atoms with Crippen LogP contribution in [0.3, 0.4) is 0 Å². The topological polar surface area (TPSA) is 50.7 Å². The molecule has 4 nitrogen and oxygen atoms in total. The molecule has 0 bridgehead atoms. The summed E-state index contributed by atoms with van der Waals surface area (Å²) in [5, 5.41) is 4.22. The van der Waals surface area contributed by atoms with Crippen LogP contribution in [0, 0.1) is 0 Å². The number of fused-ring (bicyclic) bond motifs is 3. The van der Waals surface area contributed by atoms with Gasteiger partial charge in [-0.2, -0.15) is 5.10 Å². The number of nitrogens with one attached hydrogen (secondary N) is 1. The number of carbonyl (C=O) groups excluding carboxylic acids is 1. The lowest BCUT2D eigenvalue weighted by molar-refractivity contribution is -0.118. The van der Waals surface area contributed by atoms with E-state index in [-0.39, 0.29) is 11.2 Å². The largest absolute Gasteiger partial charge is 0.497 e. The first kappa shape index (κ1) is 18.3. The first-order valence-corrected chi connectivity index (χ1v) is 10.1. The van der Waals surface area contributed by atoms with E-state index in [0.29, 0.717) is 5.75 Å². The molecular weight excluding hydrogens is 368 g/mol. The summed E-state index contributed by atoms with van der Waals surface area (Å²) in [6.07, 6.45) is 1.63. The monoisotopic (exact) mass is 388 g/mol. The highest BCUT2D eigenvalue weighted by molar-refractivity contribution is 8.00. The van der Waals surface area contributed by atoms with Crippen LogP contribution in [-0.2, 0) is 4.79 Å². The number of rotatable bonds is 6. The summed E-state index contributed by atoms with van der Waals surface area (Å²) in [7, 11) is 1.63. The van der Waals surface area contributed by atoms with Gasteiger partial charge in [0.1, 0.15) is 5.75 Å². The highest BCUT2D eigenvalue weighted by atomic mass is 32.2. The van der Waals surface area contributed by atoms with Gasteiger partial charge in [0.05, 0.1) is 24.3 Å². The number of carbonyl (C=O) groups is 1. The number of hydrazone groups is 1. The van der Waals surface area contributed by atoms with Crippen molar-refractivity contribution in [1.82, 2.24) is 5.43 Å². The summed E-state index contributed by atoms with van der Waals surface area (Å²) < 4.78 is 5.13. The molecule has 1 aliphatic rings. The fourth-order valence-corrected chi connectivity index (χ4v) is 4.50. The van der Waals surface area contributed by atoms with Crippen LogP contribution in [0.5, 0.6) is 5.75 Å². The molecule has 0 radical (unpaired) electrons. The van der Waals surface area contributed by atoms with Crippen molar-refractivity contribution in [2.45, 2.75) is 5.25 Å². The molecule has 1 amide bonds. The zero-order valence-corrected chi connectivity index (χ0v) is 16.3. The van der Waals surface area contributed by atoms with E-state index in [4.69, 9.17) is 4.74 Å². The second-order valence-corrected chi connectivity index (χ2v) is 7.53. The third kappa shape index (κ3) is 3.80. The second kappa shape index (κ2) is 8.31. The Balaban J connectivity index is 1.38. The Bertz CT molecular complexity index is 970. The van der Waals surface area contributed by atoms with Crippen LogP contribution < -0.4 is 10.2 Å². The third-order valence-electron chi connectivity index (χ3n) is 4.68. The molecule has 0 saturated heterocycles. The molecule has 0 saturated carbocycles. The molecule has 0 unspecified atom stereocenters. The van der Waals surface area contributed by atoms with E-state index < -0.39 is 0 Å². The van der Waals surface area contributed by atoms with E-state index >= 15 is 0 Å². The molecular formula is C23H20N2O2S. The fraction of sp³-hybridized carbons (Fsp3) is 0.130. The van der Waals surface area contributed by atoms with Crippen molar-refractivity contribution < 1.29 is 9.53 Å². The second-order valence-electron chi connectivity index (χ2n) is 6.43. The molecule has 0 heterocycles. The first-order valence-electron chi connectivity index (χ1n) is 9.02. The van der Waals surface area contributed by atoms with Crippen LogP contribution in [0.2, 0.25) is 0 Å². The van der Waals surface area contributed by atoms with Crippen LogP contribution in [0.1, 0.15) is 21.9 Å². The summed E-state index contributed by atoms with van der Waals surface area (Å²) in [4.78, 5) is 12.2. The van der Waals surface area contributed by atoms with Crippen LogP contribution in [0.15, 0.2) is 77.9 Å². The van der Waals surface area contributed by atoms with Crippen molar-refractivity contribution in [1.29, 1.82) is 0 Å². The quantitative estimate of drug-likeness (QED) is 0.494. The fourth-order valence-electron chi connectivity index (χ4n) is 3.35. The molecule has 4 rings (SSSR count). The number of hydrogen-bond donors (Lipinski definition) is 1. The van der Waals surface area contributed by atoms with Crippen molar-refractivity contribution in [3.63, 3.8) is 0 Å². The van der Waals surface area contributed by atoms with Gasteiger partial charge < -0.3 is 4.74 Å². The molecule has 0 fully saturated rings. The number of nitrogens with zero attached hydrogens (tertiary/aromatic N) is 1. The van der Waals surface area contributed by atoms with E-state index in [2.05, 4.69) is 59.1 Å². The van der Waals surface area contributed by atoms with E-state index in [1.807, 2.05) is 24.3 Å². The Hall–Kier alpha value is -3.05. The lowest BCUT2D eigenvalue weighted by Gasteiger charge is -2.12. The molecule has 0 aliphatic heterocycles. The predicted molar refractivity (Wildman–Crippen MR) is 115 cm³/mol. The van der Waals surface area contributed by atoms with Crippen molar-refractivity contribution in [3.8, 4) is 16.9 Å². The first-order chi connectivity index (χ1) is 13.8. The third-order valence-corrected chi connectivity index (χ3v) is 5.95. The highest BCUT2D eigenvalue weighted by Gasteiger charge is 2.28. The molecule has 28 heavy (non-hydrogen) atoms. The Morgan fingerprint density at radius 1 is 1.00 bits per heavy atom. The summed E-state index contributed by atoms with van der Waals surface area (Å²) in [5.74, 6) is 1.01. The van der Waals surface area contributed by atoms with Gasteiger partial charge >= 0.3 is 0 Å². The Morgan fingerprint density at radius 3 is 2.21 bits per heavy atom. The van der Waals surface area contributed by atoms with E-state index in [0.717, 1.165) is 11.3 Å². The maximum Gasteiger partial charge on any atom is 0.250 e. The highest BCUT2D eigenvalue weighted by Crippen LogP contribution is 2.49. The summed E-state index contributed by atoms with van der Waals surface area (Å²) in [5.41, 5.74) is 8.56.